The Morgan fingerprint density at radius 3 is 2.16 bits per heavy atom. The summed E-state index contributed by atoms with van der Waals surface area (Å²) >= 11 is 0. The largest absolute Gasteiger partial charge is 0.396 e. The van der Waals surface area contributed by atoms with Crippen molar-refractivity contribution in [3.8, 4) is 0 Å². The molecular formula is C44H73NO17. The van der Waals surface area contributed by atoms with E-state index in [1.54, 1.807) is 0 Å². The highest BCUT2D eigenvalue weighted by molar-refractivity contribution is 5.26. The number of ether oxygens (including phenoxy) is 7. The topological polar surface area (TPSA) is 293 Å². The predicted octanol–water partition coefficient (Wildman–Crippen LogP) is -0.908. The molecule has 0 spiro atoms. The van der Waals surface area contributed by atoms with Crippen LogP contribution in [0.1, 0.15) is 92.4 Å². The summed E-state index contributed by atoms with van der Waals surface area (Å²) in [4.78, 5) is 0. The van der Waals surface area contributed by atoms with E-state index < -0.39 is 111 Å². The molecule has 4 saturated heterocycles. The maximum absolute atomic E-state index is 12.0. The first kappa shape index (κ1) is 47.5. The van der Waals surface area contributed by atoms with Crippen LogP contribution in [0.3, 0.4) is 0 Å². The third kappa shape index (κ3) is 8.06. The number of aliphatic hydroxyl groups is 10. The predicted molar refractivity (Wildman–Crippen MR) is 215 cm³/mol. The minimum atomic E-state index is -1.80. The summed E-state index contributed by atoms with van der Waals surface area (Å²) < 4.78 is 42.7. The van der Waals surface area contributed by atoms with Gasteiger partial charge in [0, 0.05) is 18.9 Å². The molecule has 18 nitrogen and oxygen atoms in total. The fourth-order valence-electron chi connectivity index (χ4n) is 13.3. The van der Waals surface area contributed by atoms with Crippen molar-refractivity contribution >= 4 is 0 Å². The third-order valence-corrected chi connectivity index (χ3v) is 17.2. The van der Waals surface area contributed by atoms with Crippen LogP contribution in [0.5, 0.6) is 0 Å². The molecule has 12 N–H and O–H groups in total. The zero-order valence-corrected chi connectivity index (χ0v) is 36.5. The van der Waals surface area contributed by atoms with Crippen molar-refractivity contribution in [3.05, 3.63) is 11.6 Å². The Balaban J connectivity index is 0.982. The van der Waals surface area contributed by atoms with Crippen LogP contribution in [0.2, 0.25) is 0 Å². The molecule has 8 rings (SSSR count). The molecule has 356 valence electrons. The van der Waals surface area contributed by atoms with Crippen molar-refractivity contribution in [1.82, 2.24) is 0 Å². The molecule has 18 heteroatoms. The number of fused-ring (bicyclic) bond motifs is 7. The summed E-state index contributed by atoms with van der Waals surface area (Å²) in [5.41, 5.74) is 7.05. The van der Waals surface area contributed by atoms with Gasteiger partial charge in [0.15, 0.2) is 24.7 Å². The normalized spacial score (nSPS) is 55.7. The summed E-state index contributed by atoms with van der Waals surface area (Å²) in [5, 5.41) is 107. The van der Waals surface area contributed by atoms with Crippen molar-refractivity contribution in [2.45, 2.75) is 203 Å². The maximum atomic E-state index is 12.0. The van der Waals surface area contributed by atoms with Gasteiger partial charge in [-0.1, -0.05) is 39.3 Å². The van der Waals surface area contributed by atoms with E-state index in [-0.39, 0.29) is 41.3 Å². The molecule has 0 amide bonds. The van der Waals surface area contributed by atoms with E-state index >= 15 is 0 Å². The number of hydrogen-bond donors (Lipinski definition) is 11. The van der Waals surface area contributed by atoms with Crippen LogP contribution in [-0.4, -0.2) is 175 Å². The van der Waals surface area contributed by atoms with Crippen LogP contribution < -0.4 is 5.73 Å². The van der Waals surface area contributed by atoms with E-state index in [0.29, 0.717) is 43.4 Å². The molecule has 7 fully saturated rings. The van der Waals surface area contributed by atoms with Gasteiger partial charge in [0.2, 0.25) is 0 Å². The molecule has 26 atom stereocenters. The SMILES string of the molecule is CC(CO)CCC1(O)OC2CC3C4CC=C5CC(OC6OC(CO)C(OC7OC(N)C(O)C(O)C7O)C(O)C6OC6OC(C)C(O)C(O)C6O)CCC5(C)C4CCC3(C)C2C1C. The summed E-state index contributed by atoms with van der Waals surface area (Å²) in [6.07, 6.45) is -13.8. The number of hydrogen-bond acceptors (Lipinski definition) is 18. The van der Waals surface area contributed by atoms with Gasteiger partial charge in [-0.2, -0.15) is 0 Å². The minimum Gasteiger partial charge on any atom is -0.396 e. The molecule has 4 aliphatic carbocycles. The average Bonchev–Trinajstić information content (AvgIpc) is 3.68. The van der Waals surface area contributed by atoms with Gasteiger partial charge in [0.05, 0.1) is 24.9 Å². The monoisotopic (exact) mass is 887 g/mol. The van der Waals surface area contributed by atoms with E-state index in [9.17, 15) is 51.1 Å². The second-order valence-electron chi connectivity index (χ2n) is 20.7. The van der Waals surface area contributed by atoms with E-state index in [1.807, 2.05) is 6.92 Å². The first-order valence-electron chi connectivity index (χ1n) is 23.0. The molecular weight excluding hydrogens is 814 g/mol. The lowest BCUT2D eigenvalue weighted by Crippen LogP contribution is -2.67. The molecule has 3 saturated carbocycles. The summed E-state index contributed by atoms with van der Waals surface area (Å²) in [6.45, 7) is 9.82. The highest BCUT2D eigenvalue weighted by atomic mass is 16.8. The van der Waals surface area contributed by atoms with Crippen LogP contribution in [-0.2, 0) is 33.2 Å². The number of allylic oxidation sites excluding steroid dienone is 1. The van der Waals surface area contributed by atoms with Crippen LogP contribution in [0, 0.1) is 46.3 Å². The van der Waals surface area contributed by atoms with Crippen LogP contribution in [0.25, 0.3) is 0 Å². The second kappa shape index (κ2) is 17.9. The molecule has 62 heavy (non-hydrogen) atoms. The summed E-state index contributed by atoms with van der Waals surface area (Å²) in [6, 6.07) is 0. The Hall–Kier alpha value is -0.980. The first-order valence-corrected chi connectivity index (χ1v) is 23.0. The Kier molecular flexibility index (Phi) is 13.7. The first-order chi connectivity index (χ1) is 29.3. The van der Waals surface area contributed by atoms with Crippen LogP contribution in [0.15, 0.2) is 11.6 Å². The molecule has 8 aliphatic rings. The number of aliphatic hydroxyl groups excluding tert-OH is 9. The van der Waals surface area contributed by atoms with Crippen molar-refractivity contribution in [2.24, 2.45) is 52.1 Å². The molecule has 4 heterocycles. The zero-order valence-electron chi connectivity index (χ0n) is 36.5. The van der Waals surface area contributed by atoms with Gasteiger partial charge in [-0.05, 0) is 98.7 Å². The molecule has 0 aromatic rings. The standard InChI is InChI=1S/C44H73NO17/c1-18(16-46)8-13-44(55)19(2)28-26(62-44)15-25-23-7-6-21-14-22(9-11-42(21,4)24(23)10-12-43(25,28)5)57-41-37(60-39-33(52)30(49)29(48)20(3)56-39)35(54)36(27(17-47)58-41)59-40-34(53)31(50)32(51)38(45)61-40/h6,18-20,22-41,46-55H,7-17,45H2,1-5H3. The highest BCUT2D eigenvalue weighted by Crippen LogP contribution is 2.70. The van der Waals surface area contributed by atoms with E-state index in [2.05, 4.69) is 26.8 Å². The van der Waals surface area contributed by atoms with Gasteiger partial charge in [-0.25, -0.2) is 0 Å². The van der Waals surface area contributed by atoms with E-state index in [4.69, 9.17) is 38.9 Å². The molecule has 0 bridgehead atoms. The Morgan fingerprint density at radius 2 is 1.47 bits per heavy atom. The number of nitrogens with two attached hydrogens (primary N) is 1. The summed E-state index contributed by atoms with van der Waals surface area (Å²) in [7, 11) is 0. The van der Waals surface area contributed by atoms with Crippen molar-refractivity contribution in [2.75, 3.05) is 13.2 Å². The second-order valence-corrected chi connectivity index (χ2v) is 20.7. The lowest BCUT2D eigenvalue weighted by Gasteiger charge is -2.58. The molecule has 26 unspecified atom stereocenters. The summed E-state index contributed by atoms with van der Waals surface area (Å²) in [5.74, 6) is 0.528. The van der Waals surface area contributed by atoms with Gasteiger partial charge in [-0.15, -0.1) is 0 Å². The fourth-order valence-corrected chi connectivity index (χ4v) is 13.3. The van der Waals surface area contributed by atoms with E-state index in [1.165, 1.54) is 12.5 Å². The Morgan fingerprint density at radius 1 is 0.790 bits per heavy atom. The van der Waals surface area contributed by atoms with Gasteiger partial charge in [0.1, 0.15) is 67.3 Å². The Bertz CT molecular complexity index is 1590. The van der Waals surface area contributed by atoms with Crippen molar-refractivity contribution in [3.63, 3.8) is 0 Å². The average molecular weight is 888 g/mol. The molecule has 0 radical (unpaired) electrons. The lowest BCUT2D eigenvalue weighted by atomic mass is 9.47. The van der Waals surface area contributed by atoms with Gasteiger partial charge in [0.25, 0.3) is 0 Å². The zero-order chi connectivity index (χ0) is 44.8. The molecule has 0 aromatic carbocycles. The molecule has 0 aromatic heterocycles. The van der Waals surface area contributed by atoms with Crippen LogP contribution in [0.4, 0.5) is 0 Å². The van der Waals surface area contributed by atoms with Crippen LogP contribution >= 0.6 is 0 Å². The van der Waals surface area contributed by atoms with Crippen molar-refractivity contribution < 1.29 is 84.2 Å². The van der Waals surface area contributed by atoms with Crippen molar-refractivity contribution in [1.29, 1.82) is 0 Å². The van der Waals surface area contributed by atoms with Gasteiger partial charge < -0.3 is 90.0 Å². The minimum absolute atomic E-state index is 0.00162. The Labute approximate surface area is 363 Å². The lowest BCUT2D eigenvalue weighted by molar-refractivity contribution is -0.389. The third-order valence-electron chi connectivity index (χ3n) is 17.2. The van der Waals surface area contributed by atoms with E-state index in [0.717, 1.165) is 32.1 Å². The smallest absolute Gasteiger partial charge is 0.188 e. The number of rotatable bonds is 11. The quantitative estimate of drug-likeness (QED) is 0.112. The van der Waals surface area contributed by atoms with Gasteiger partial charge >= 0.3 is 0 Å². The fraction of sp³-hybridized carbons (Fsp3) is 0.955. The highest BCUT2D eigenvalue weighted by Gasteiger charge is 2.68. The van der Waals surface area contributed by atoms with Gasteiger partial charge in [-0.3, -0.25) is 0 Å². The molecule has 4 aliphatic heterocycles. The maximum Gasteiger partial charge on any atom is 0.188 e.